The molecule has 3 aromatic rings. The van der Waals surface area contributed by atoms with Gasteiger partial charge in [-0.1, -0.05) is 29.4 Å². The van der Waals surface area contributed by atoms with Gasteiger partial charge in [-0.3, -0.25) is 5.01 Å². The van der Waals surface area contributed by atoms with Crippen LogP contribution in [0.4, 0.5) is 4.39 Å². The van der Waals surface area contributed by atoms with Gasteiger partial charge >= 0.3 is 0 Å². The van der Waals surface area contributed by atoms with Crippen molar-refractivity contribution in [1.29, 1.82) is 0 Å². The van der Waals surface area contributed by atoms with E-state index < -0.39 is 11.2 Å². The number of aryl methyl sites for hydroxylation is 1. The molecule has 2 fully saturated rings. The van der Waals surface area contributed by atoms with E-state index in [-0.39, 0.29) is 17.3 Å². The van der Waals surface area contributed by atoms with Gasteiger partial charge in [0.1, 0.15) is 23.1 Å². The Morgan fingerprint density at radius 1 is 1.18 bits per heavy atom. The second-order valence-electron chi connectivity index (χ2n) is 10.8. The van der Waals surface area contributed by atoms with Gasteiger partial charge in [-0.15, -0.1) is 0 Å². The molecule has 6 rings (SSSR count). The molecule has 1 spiro atoms. The molecule has 0 N–H and O–H groups in total. The van der Waals surface area contributed by atoms with E-state index in [0.717, 1.165) is 65.7 Å². The third kappa shape index (κ3) is 5.05. The minimum absolute atomic E-state index is 0.0403. The summed E-state index contributed by atoms with van der Waals surface area (Å²) in [5.74, 6) is 2.91. The molecule has 3 aliphatic rings. The van der Waals surface area contributed by atoms with Gasteiger partial charge in [0, 0.05) is 19.3 Å². The lowest BCUT2D eigenvalue weighted by Crippen LogP contribution is -2.62. The molecular weight excluding hydrogens is 513 g/mol. The number of benzene rings is 2. The van der Waals surface area contributed by atoms with Crippen LogP contribution in [0.25, 0.3) is 11.8 Å². The van der Waals surface area contributed by atoms with Crippen molar-refractivity contribution in [3.8, 4) is 11.4 Å². The summed E-state index contributed by atoms with van der Waals surface area (Å²) < 4.78 is 34.2. The van der Waals surface area contributed by atoms with E-state index in [1.807, 2.05) is 36.7 Å². The fourth-order valence-electron chi connectivity index (χ4n) is 5.99. The highest BCUT2D eigenvalue weighted by Gasteiger charge is 2.55. The van der Waals surface area contributed by atoms with Crippen molar-refractivity contribution in [2.24, 2.45) is 10.5 Å². The van der Waals surface area contributed by atoms with Crippen molar-refractivity contribution in [3.63, 3.8) is 0 Å². The Kier molecular flexibility index (Phi) is 6.89. The Labute approximate surface area is 232 Å². The number of rotatable bonds is 6. The summed E-state index contributed by atoms with van der Waals surface area (Å²) in [6.45, 7) is 8.93. The quantitative estimate of drug-likeness (QED) is 0.409. The standard InChI is InChI=1S/C30H34FN5O2S/c1-4-35-16-27(23-7-9-25(31)10-8-23)36-17-30(18-39(37)19-30)14-24(29(36)33-35)12-22-6-11-26(28(13-22)38-5-2)34-15-21(3)32-20-34/h6-13,15,20,27H,4-5,14,16-19H2,1-3H3/b24-12+. The largest absolute Gasteiger partial charge is 0.616 e. The Bertz CT molecular complexity index is 1410. The van der Waals surface area contributed by atoms with Gasteiger partial charge in [0.05, 0.1) is 42.3 Å². The normalized spacial score (nSPS) is 25.5. The summed E-state index contributed by atoms with van der Waals surface area (Å²) in [5.41, 5.74) is 5.08. The van der Waals surface area contributed by atoms with E-state index >= 15 is 0 Å². The van der Waals surface area contributed by atoms with E-state index in [0.29, 0.717) is 18.1 Å². The Hall–Kier alpha value is -3.30. The van der Waals surface area contributed by atoms with Crippen molar-refractivity contribution in [3.05, 3.63) is 83.2 Å². The van der Waals surface area contributed by atoms with Crippen molar-refractivity contribution in [1.82, 2.24) is 19.5 Å². The zero-order chi connectivity index (χ0) is 27.1. The minimum Gasteiger partial charge on any atom is -0.616 e. The molecule has 0 amide bonds. The van der Waals surface area contributed by atoms with Crippen LogP contribution in [-0.4, -0.2) is 67.6 Å². The van der Waals surface area contributed by atoms with Gasteiger partial charge in [0.2, 0.25) is 0 Å². The number of likely N-dealkylation sites (N-methyl/N-ethyl adjacent to an activating group) is 1. The van der Waals surface area contributed by atoms with Crippen LogP contribution in [0, 0.1) is 18.2 Å². The van der Waals surface area contributed by atoms with Crippen LogP contribution in [-0.2, 0) is 11.2 Å². The first-order valence-electron chi connectivity index (χ1n) is 13.6. The number of aromatic nitrogens is 2. The average Bonchev–Trinajstić information content (AvgIpc) is 3.34. The second-order valence-corrected chi connectivity index (χ2v) is 12.2. The first-order chi connectivity index (χ1) is 18.9. The number of halogens is 1. The van der Waals surface area contributed by atoms with Gasteiger partial charge < -0.3 is 18.8 Å². The molecule has 0 bridgehead atoms. The third-order valence-electron chi connectivity index (χ3n) is 7.80. The fraction of sp³-hybridized carbons (Fsp3) is 0.400. The van der Waals surface area contributed by atoms with Crippen LogP contribution in [0.3, 0.4) is 0 Å². The van der Waals surface area contributed by atoms with Gasteiger partial charge in [-0.25, -0.2) is 9.37 Å². The number of hydrazone groups is 1. The molecule has 4 heterocycles. The van der Waals surface area contributed by atoms with Crippen molar-refractivity contribution >= 4 is 23.1 Å². The SMILES string of the molecule is CCOc1cc(/C=C2\CC3(CN4C2=NN(CC)CC4c2ccc(F)cc2)C[S+]([O-])C3)ccc1-n1cnc(C)c1. The first kappa shape index (κ1) is 26.0. The molecule has 2 aromatic carbocycles. The molecule has 9 heteroatoms. The van der Waals surface area contributed by atoms with Crippen LogP contribution < -0.4 is 4.74 Å². The number of hydrogen-bond donors (Lipinski definition) is 0. The molecule has 1 atom stereocenters. The molecule has 3 aliphatic heterocycles. The van der Waals surface area contributed by atoms with Gasteiger partial charge in [-0.2, -0.15) is 5.10 Å². The number of nitrogens with zero attached hydrogens (tertiary/aromatic N) is 5. The second kappa shape index (κ2) is 10.4. The summed E-state index contributed by atoms with van der Waals surface area (Å²) in [6, 6.07) is 13.1. The lowest BCUT2D eigenvalue weighted by atomic mass is 9.78. The monoisotopic (exact) mass is 547 g/mol. The van der Waals surface area contributed by atoms with Crippen LogP contribution in [0.5, 0.6) is 5.75 Å². The lowest BCUT2D eigenvalue weighted by Gasteiger charge is -2.53. The maximum Gasteiger partial charge on any atom is 0.152 e. The van der Waals surface area contributed by atoms with Gasteiger partial charge in [-0.05, 0) is 74.2 Å². The number of ether oxygens (including phenoxy) is 1. The topological polar surface area (TPSA) is 68.9 Å². The summed E-state index contributed by atoms with van der Waals surface area (Å²) in [6.07, 6.45) is 6.83. The van der Waals surface area contributed by atoms with Crippen molar-refractivity contribution < 1.29 is 13.7 Å². The Morgan fingerprint density at radius 3 is 2.64 bits per heavy atom. The number of hydrogen-bond acceptors (Lipinski definition) is 6. The highest BCUT2D eigenvalue weighted by Crippen LogP contribution is 2.47. The van der Waals surface area contributed by atoms with E-state index in [2.05, 4.69) is 46.1 Å². The zero-order valence-electron chi connectivity index (χ0n) is 22.6. The fourth-order valence-corrected chi connectivity index (χ4v) is 7.66. The maximum atomic E-state index is 13.8. The van der Waals surface area contributed by atoms with Crippen LogP contribution in [0.1, 0.15) is 43.1 Å². The maximum absolute atomic E-state index is 13.8. The predicted octanol–water partition coefficient (Wildman–Crippen LogP) is 4.95. The molecule has 204 valence electrons. The summed E-state index contributed by atoms with van der Waals surface area (Å²) in [7, 11) is 0. The summed E-state index contributed by atoms with van der Waals surface area (Å²) in [4.78, 5) is 6.74. The number of piperidine rings is 1. The minimum atomic E-state index is -0.781. The molecular formula is C30H34FN5O2S. The number of amidine groups is 1. The molecule has 0 radical (unpaired) electrons. The van der Waals surface area contributed by atoms with E-state index in [9.17, 15) is 8.94 Å². The molecule has 1 aromatic heterocycles. The Morgan fingerprint density at radius 2 is 1.97 bits per heavy atom. The van der Waals surface area contributed by atoms with Crippen LogP contribution in [0.15, 0.2) is 65.7 Å². The highest BCUT2D eigenvalue weighted by molar-refractivity contribution is 7.92. The number of fused-ring (bicyclic) bond motifs is 1. The molecule has 1 unspecified atom stereocenters. The third-order valence-corrected chi connectivity index (χ3v) is 9.66. The predicted molar refractivity (Wildman–Crippen MR) is 153 cm³/mol. The number of imidazole rings is 1. The smallest absolute Gasteiger partial charge is 0.152 e. The van der Waals surface area contributed by atoms with Crippen molar-refractivity contribution in [2.45, 2.75) is 33.2 Å². The van der Waals surface area contributed by atoms with Crippen LogP contribution in [0.2, 0.25) is 0 Å². The summed E-state index contributed by atoms with van der Waals surface area (Å²) in [5, 5.41) is 7.17. The molecule has 2 saturated heterocycles. The average molecular weight is 548 g/mol. The van der Waals surface area contributed by atoms with Gasteiger partial charge in [0.15, 0.2) is 5.84 Å². The van der Waals surface area contributed by atoms with Crippen LogP contribution >= 0.6 is 0 Å². The summed E-state index contributed by atoms with van der Waals surface area (Å²) >= 11 is -0.781. The van der Waals surface area contributed by atoms with Gasteiger partial charge in [0.25, 0.3) is 0 Å². The van der Waals surface area contributed by atoms with E-state index in [4.69, 9.17) is 9.84 Å². The Balaban J connectivity index is 1.41. The van der Waals surface area contributed by atoms with E-state index in [1.165, 1.54) is 12.1 Å². The van der Waals surface area contributed by atoms with E-state index in [1.54, 1.807) is 6.33 Å². The molecule has 0 saturated carbocycles. The highest BCUT2D eigenvalue weighted by atomic mass is 32.2. The van der Waals surface area contributed by atoms with Crippen molar-refractivity contribution in [2.75, 3.05) is 37.7 Å². The molecule has 39 heavy (non-hydrogen) atoms. The molecule has 0 aliphatic carbocycles. The lowest BCUT2D eigenvalue weighted by molar-refractivity contribution is 0.117. The first-order valence-corrected chi connectivity index (χ1v) is 15.0. The molecule has 7 nitrogen and oxygen atoms in total. The zero-order valence-corrected chi connectivity index (χ0v) is 23.5.